The number of likely N-dealkylation sites (tertiary alicyclic amines) is 1. The zero-order valence-corrected chi connectivity index (χ0v) is 14.0. The number of aromatic nitrogens is 2. The number of carbonyl (C=O) groups is 1. The van der Waals surface area contributed by atoms with Gasteiger partial charge in [-0.2, -0.15) is 0 Å². The fourth-order valence-electron chi connectivity index (χ4n) is 2.95. The molecule has 0 unspecified atom stereocenters. The predicted octanol–water partition coefficient (Wildman–Crippen LogP) is 3.17. The summed E-state index contributed by atoms with van der Waals surface area (Å²) in [5, 5.41) is 2.98. The van der Waals surface area contributed by atoms with Crippen LogP contribution in [0.2, 0.25) is 0 Å². The minimum Gasteiger partial charge on any atom is -0.474 e. The van der Waals surface area contributed by atoms with Crippen molar-refractivity contribution >= 4 is 11.7 Å². The number of hydrogen-bond acceptors (Lipinski definition) is 4. The summed E-state index contributed by atoms with van der Waals surface area (Å²) in [5.41, 5.74) is 3.13. The van der Waals surface area contributed by atoms with Crippen LogP contribution in [-0.4, -0.2) is 40.1 Å². The lowest BCUT2D eigenvalue weighted by molar-refractivity contribution is 0.111. The lowest BCUT2D eigenvalue weighted by atomic mass is 10.1. The van der Waals surface area contributed by atoms with E-state index in [0.29, 0.717) is 19.0 Å². The van der Waals surface area contributed by atoms with Gasteiger partial charge < -0.3 is 15.0 Å². The van der Waals surface area contributed by atoms with Gasteiger partial charge in [0.2, 0.25) is 5.88 Å². The number of hydrogen-bond donors (Lipinski definition) is 1. The highest BCUT2D eigenvalue weighted by Gasteiger charge is 2.24. The summed E-state index contributed by atoms with van der Waals surface area (Å²) in [7, 11) is 0. The van der Waals surface area contributed by atoms with Crippen LogP contribution in [0.25, 0.3) is 0 Å². The number of rotatable bonds is 3. The molecule has 1 N–H and O–H groups in total. The molecule has 1 aliphatic heterocycles. The highest BCUT2D eigenvalue weighted by atomic mass is 16.5. The zero-order valence-electron chi connectivity index (χ0n) is 14.0. The third-order valence-corrected chi connectivity index (χ3v) is 4.04. The van der Waals surface area contributed by atoms with Crippen molar-refractivity contribution in [2.24, 2.45) is 0 Å². The Hall–Kier alpha value is -2.63. The van der Waals surface area contributed by atoms with Crippen LogP contribution in [0.4, 0.5) is 10.5 Å². The Morgan fingerprint density at radius 2 is 1.92 bits per heavy atom. The van der Waals surface area contributed by atoms with Gasteiger partial charge in [-0.3, -0.25) is 0 Å². The number of aryl methyl sites for hydroxylation is 2. The molecule has 6 heteroatoms. The van der Waals surface area contributed by atoms with Gasteiger partial charge in [0, 0.05) is 43.9 Å². The van der Waals surface area contributed by atoms with E-state index in [-0.39, 0.29) is 12.1 Å². The number of urea groups is 1. The van der Waals surface area contributed by atoms with Crippen LogP contribution in [0, 0.1) is 13.8 Å². The topological polar surface area (TPSA) is 67.4 Å². The molecule has 0 spiro atoms. The molecule has 0 radical (unpaired) electrons. The van der Waals surface area contributed by atoms with E-state index in [1.54, 1.807) is 12.3 Å². The van der Waals surface area contributed by atoms with E-state index >= 15 is 0 Å². The van der Waals surface area contributed by atoms with Gasteiger partial charge in [-0.25, -0.2) is 14.8 Å². The first-order chi connectivity index (χ1) is 11.6. The standard InChI is InChI=1S/C18H22N4O2/c1-13-9-14(2)11-15(10-13)21-18(23)22-7-4-16(5-8-22)24-17-3-6-19-12-20-17/h3,6,9-12,16H,4-5,7-8H2,1-2H3,(H,21,23). The van der Waals surface area contributed by atoms with E-state index in [4.69, 9.17) is 4.74 Å². The van der Waals surface area contributed by atoms with Crippen LogP contribution in [0.5, 0.6) is 5.88 Å². The van der Waals surface area contributed by atoms with Gasteiger partial charge in [0.1, 0.15) is 12.4 Å². The minimum absolute atomic E-state index is 0.0551. The Morgan fingerprint density at radius 3 is 2.54 bits per heavy atom. The van der Waals surface area contributed by atoms with Crippen LogP contribution < -0.4 is 10.1 Å². The molecule has 2 heterocycles. The van der Waals surface area contributed by atoms with E-state index in [1.165, 1.54) is 6.33 Å². The van der Waals surface area contributed by atoms with Crippen LogP contribution in [0.3, 0.4) is 0 Å². The summed E-state index contributed by atoms with van der Waals surface area (Å²) in [6, 6.07) is 7.75. The molecule has 6 nitrogen and oxygen atoms in total. The molecule has 2 amide bonds. The number of carbonyl (C=O) groups excluding carboxylic acids is 1. The number of ether oxygens (including phenoxy) is 1. The van der Waals surface area contributed by atoms with Gasteiger partial charge in [0.15, 0.2) is 0 Å². The van der Waals surface area contributed by atoms with Crippen molar-refractivity contribution in [1.29, 1.82) is 0 Å². The van der Waals surface area contributed by atoms with Crippen molar-refractivity contribution < 1.29 is 9.53 Å². The third kappa shape index (κ3) is 4.22. The maximum absolute atomic E-state index is 12.4. The van der Waals surface area contributed by atoms with Gasteiger partial charge in [-0.05, 0) is 37.1 Å². The van der Waals surface area contributed by atoms with Crippen LogP contribution in [-0.2, 0) is 0 Å². The highest BCUT2D eigenvalue weighted by molar-refractivity contribution is 5.89. The Labute approximate surface area is 141 Å². The monoisotopic (exact) mass is 326 g/mol. The average Bonchev–Trinajstić information content (AvgIpc) is 2.55. The number of piperidine rings is 1. The Kier molecular flexibility index (Phi) is 4.93. The molecular weight excluding hydrogens is 304 g/mol. The molecule has 0 atom stereocenters. The Bertz CT molecular complexity index is 677. The van der Waals surface area contributed by atoms with E-state index in [2.05, 4.69) is 21.4 Å². The molecule has 1 aromatic heterocycles. The molecule has 0 aliphatic carbocycles. The van der Waals surface area contributed by atoms with Gasteiger partial charge >= 0.3 is 6.03 Å². The fraction of sp³-hybridized carbons (Fsp3) is 0.389. The zero-order chi connectivity index (χ0) is 16.9. The van der Waals surface area contributed by atoms with Crippen molar-refractivity contribution in [3.05, 3.63) is 47.9 Å². The predicted molar refractivity (Wildman–Crippen MR) is 92.2 cm³/mol. The Morgan fingerprint density at radius 1 is 1.21 bits per heavy atom. The normalized spacial score (nSPS) is 15.2. The molecule has 2 aromatic rings. The number of nitrogens with zero attached hydrogens (tertiary/aromatic N) is 3. The molecule has 126 valence electrons. The quantitative estimate of drug-likeness (QED) is 0.941. The molecule has 0 bridgehead atoms. The number of benzene rings is 1. The van der Waals surface area contributed by atoms with Crippen LogP contribution in [0.1, 0.15) is 24.0 Å². The number of nitrogens with one attached hydrogen (secondary N) is 1. The molecule has 1 aliphatic rings. The molecule has 1 aromatic carbocycles. The molecule has 1 fully saturated rings. The SMILES string of the molecule is Cc1cc(C)cc(NC(=O)N2CCC(Oc3ccncn3)CC2)c1. The van der Waals surface area contributed by atoms with Crippen LogP contribution in [0.15, 0.2) is 36.8 Å². The first-order valence-corrected chi connectivity index (χ1v) is 8.17. The van der Waals surface area contributed by atoms with E-state index in [9.17, 15) is 4.79 Å². The van der Waals surface area contributed by atoms with Crippen molar-refractivity contribution in [1.82, 2.24) is 14.9 Å². The van der Waals surface area contributed by atoms with Gasteiger partial charge in [0.25, 0.3) is 0 Å². The Balaban J connectivity index is 1.51. The average molecular weight is 326 g/mol. The van der Waals surface area contributed by atoms with Crippen molar-refractivity contribution in [2.75, 3.05) is 18.4 Å². The fourth-order valence-corrected chi connectivity index (χ4v) is 2.95. The summed E-state index contributed by atoms with van der Waals surface area (Å²) in [5.74, 6) is 0.586. The van der Waals surface area contributed by atoms with E-state index in [1.807, 2.05) is 30.9 Å². The van der Waals surface area contributed by atoms with Crippen molar-refractivity contribution in [2.45, 2.75) is 32.8 Å². The van der Waals surface area contributed by atoms with E-state index < -0.39 is 0 Å². The minimum atomic E-state index is -0.0551. The summed E-state index contributed by atoms with van der Waals surface area (Å²) in [4.78, 5) is 22.2. The second kappa shape index (κ2) is 7.29. The summed E-state index contributed by atoms with van der Waals surface area (Å²) < 4.78 is 5.82. The largest absolute Gasteiger partial charge is 0.474 e. The summed E-state index contributed by atoms with van der Waals surface area (Å²) in [6.07, 6.45) is 4.82. The molecule has 24 heavy (non-hydrogen) atoms. The second-order valence-corrected chi connectivity index (χ2v) is 6.16. The van der Waals surface area contributed by atoms with Gasteiger partial charge in [0.05, 0.1) is 0 Å². The molecule has 3 rings (SSSR count). The highest BCUT2D eigenvalue weighted by Crippen LogP contribution is 2.19. The molecular formula is C18H22N4O2. The van der Waals surface area contributed by atoms with Crippen molar-refractivity contribution in [3.63, 3.8) is 0 Å². The maximum Gasteiger partial charge on any atom is 0.321 e. The van der Waals surface area contributed by atoms with Gasteiger partial charge in [-0.15, -0.1) is 0 Å². The maximum atomic E-state index is 12.4. The van der Waals surface area contributed by atoms with Crippen LogP contribution >= 0.6 is 0 Å². The second-order valence-electron chi connectivity index (χ2n) is 6.16. The van der Waals surface area contributed by atoms with Gasteiger partial charge in [-0.1, -0.05) is 6.07 Å². The first kappa shape index (κ1) is 16.2. The first-order valence-electron chi connectivity index (χ1n) is 8.17. The lowest BCUT2D eigenvalue weighted by Crippen LogP contribution is -2.43. The van der Waals surface area contributed by atoms with E-state index in [0.717, 1.165) is 29.7 Å². The smallest absolute Gasteiger partial charge is 0.321 e. The molecule has 1 saturated heterocycles. The number of anilines is 1. The van der Waals surface area contributed by atoms with Crippen molar-refractivity contribution in [3.8, 4) is 5.88 Å². The molecule has 0 saturated carbocycles. The summed E-state index contributed by atoms with van der Waals surface area (Å²) >= 11 is 0. The lowest BCUT2D eigenvalue weighted by Gasteiger charge is -2.32. The number of amides is 2. The summed E-state index contributed by atoms with van der Waals surface area (Å²) in [6.45, 7) is 5.40. The third-order valence-electron chi connectivity index (χ3n) is 4.04.